The minimum Gasteiger partial charge on any atom is -0.497 e. The molecule has 0 atom stereocenters. The predicted octanol–water partition coefficient (Wildman–Crippen LogP) is 2.92. The second kappa shape index (κ2) is 6.45. The van der Waals surface area contributed by atoms with Crippen molar-refractivity contribution in [1.82, 2.24) is 4.57 Å². The molecule has 0 radical (unpaired) electrons. The van der Waals surface area contributed by atoms with Crippen molar-refractivity contribution in [1.29, 1.82) is 0 Å². The summed E-state index contributed by atoms with van der Waals surface area (Å²) in [5, 5.41) is 1.94. The van der Waals surface area contributed by atoms with Crippen LogP contribution in [-0.4, -0.2) is 35.2 Å². The fraction of sp³-hybridized carbons (Fsp3) is 0.250. The number of aromatic nitrogens is 1. The fourth-order valence-corrected chi connectivity index (χ4v) is 3.13. The van der Waals surface area contributed by atoms with Crippen molar-refractivity contribution in [3.63, 3.8) is 0 Å². The minimum absolute atomic E-state index is 0.0960. The maximum absolute atomic E-state index is 10.9. The molecule has 8 heteroatoms. The zero-order valence-corrected chi connectivity index (χ0v) is 14.2. The summed E-state index contributed by atoms with van der Waals surface area (Å²) in [6, 6.07) is 11.4. The molecular weight excluding hydrogens is 333 g/mol. The van der Waals surface area contributed by atoms with Gasteiger partial charge in [0.2, 0.25) is 0 Å². The van der Waals surface area contributed by atoms with Gasteiger partial charge >= 0.3 is 7.82 Å². The molecule has 2 aromatic carbocycles. The van der Waals surface area contributed by atoms with E-state index in [1.54, 1.807) is 14.2 Å². The highest BCUT2D eigenvalue weighted by atomic mass is 31.2. The van der Waals surface area contributed by atoms with Crippen molar-refractivity contribution >= 4 is 29.6 Å². The van der Waals surface area contributed by atoms with Gasteiger partial charge in [-0.1, -0.05) is 0 Å². The van der Waals surface area contributed by atoms with Crippen LogP contribution >= 0.6 is 7.82 Å². The van der Waals surface area contributed by atoms with Gasteiger partial charge in [-0.05, 0) is 36.4 Å². The van der Waals surface area contributed by atoms with Gasteiger partial charge in [-0.15, -0.1) is 0 Å². The van der Waals surface area contributed by atoms with Gasteiger partial charge in [-0.2, -0.15) is 0 Å². The van der Waals surface area contributed by atoms with Gasteiger partial charge < -0.3 is 23.8 Å². The average Bonchev–Trinajstić information content (AvgIpc) is 2.86. The third kappa shape index (κ3) is 3.25. The third-order valence-electron chi connectivity index (χ3n) is 3.85. The number of fused-ring (bicyclic) bond motifs is 3. The zero-order chi connectivity index (χ0) is 17.3. The van der Waals surface area contributed by atoms with Crippen LogP contribution in [0.2, 0.25) is 0 Å². The van der Waals surface area contributed by atoms with E-state index in [-0.39, 0.29) is 6.61 Å². The van der Waals surface area contributed by atoms with E-state index in [9.17, 15) is 4.57 Å². The first-order valence-electron chi connectivity index (χ1n) is 7.27. The normalized spacial score (nSPS) is 12.0. The highest BCUT2D eigenvalue weighted by Crippen LogP contribution is 2.37. The number of rotatable bonds is 6. The van der Waals surface area contributed by atoms with Gasteiger partial charge in [-0.25, -0.2) is 4.57 Å². The molecule has 3 rings (SSSR count). The summed E-state index contributed by atoms with van der Waals surface area (Å²) in [6.45, 7) is 0.213. The lowest BCUT2D eigenvalue weighted by atomic mass is 10.1. The Bertz CT molecular complexity index is 868. The minimum atomic E-state index is -4.48. The Kier molecular flexibility index (Phi) is 4.51. The molecule has 0 bridgehead atoms. The van der Waals surface area contributed by atoms with Gasteiger partial charge in [0, 0.05) is 28.4 Å². The van der Waals surface area contributed by atoms with Crippen LogP contribution in [0.3, 0.4) is 0 Å². The first-order valence-corrected chi connectivity index (χ1v) is 8.80. The quantitative estimate of drug-likeness (QED) is 0.664. The lowest BCUT2D eigenvalue weighted by Crippen LogP contribution is -2.04. The molecule has 0 saturated carbocycles. The van der Waals surface area contributed by atoms with Gasteiger partial charge in [0.1, 0.15) is 11.5 Å². The Morgan fingerprint density at radius 3 is 1.88 bits per heavy atom. The molecule has 0 saturated heterocycles. The van der Waals surface area contributed by atoms with E-state index in [4.69, 9.17) is 19.3 Å². The van der Waals surface area contributed by atoms with Gasteiger partial charge in [-0.3, -0.25) is 4.52 Å². The first kappa shape index (κ1) is 16.8. The molecule has 24 heavy (non-hydrogen) atoms. The summed E-state index contributed by atoms with van der Waals surface area (Å²) in [6.07, 6.45) is 0. The van der Waals surface area contributed by atoms with Gasteiger partial charge in [0.05, 0.1) is 20.8 Å². The summed E-state index contributed by atoms with van der Waals surface area (Å²) in [7, 11) is -1.27. The van der Waals surface area contributed by atoms with Crippen LogP contribution in [0.15, 0.2) is 36.4 Å². The van der Waals surface area contributed by atoms with Crippen molar-refractivity contribution in [3.8, 4) is 11.5 Å². The van der Waals surface area contributed by atoms with E-state index in [2.05, 4.69) is 4.52 Å². The lowest BCUT2D eigenvalue weighted by Gasteiger charge is -2.09. The number of benzene rings is 2. The van der Waals surface area contributed by atoms with Crippen LogP contribution in [0, 0.1) is 0 Å². The SMILES string of the molecule is COc1ccc2c(c1)c1cc(OC)ccc1n2CCOP(=O)(O)O. The molecule has 1 heterocycles. The highest BCUT2D eigenvalue weighted by Gasteiger charge is 2.16. The van der Waals surface area contributed by atoms with Crippen LogP contribution in [-0.2, 0) is 15.6 Å². The molecule has 7 nitrogen and oxygen atoms in total. The second-order valence-electron chi connectivity index (χ2n) is 5.24. The monoisotopic (exact) mass is 351 g/mol. The molecule has 0 aliphatic carbocycles. The van der Waals surface area contributed by atoms with Crippen molar-refractivity contribution in [2.45, 2.75) is 6.54 Å². The lowest BCUT2D eigenvalue weighted by molar-refractivity contribution is 0.192. The molecule has 0 spiro atoms. The van der Waals surface area contributed by atoms with Crippen LogP contribution in [0.25, 0.3) is 21.8 Å². The molecule has 128 valence electrons. The smallest absolute Gasteiger partial charge is 0.469 e. The highest BCUT2D eigenvalue weighted by molar-refractivity contribution is 7.46. The molecule has 3 aromatic rings. The molecule has 0 unspecified atom stereocenters. The van der Waals surface area contributed by atoms with Crippen LogP contribution in [0.5, 0.6) is 11.5 Å². The molecule has 0 fully saturated rings. The molecule has 1 aromatic heterocycles. The number of phosphoric ester groups is 1. The maximum atomic E-state index is 10.9. The summed E-state index contributed by atoms with van der Waals surface area (Å²) in [4.78, 5) is 17.7. The van der Waals surface area contributed by atoms with E-state index in [1.165, 1.54) is 0 Å². The summed E-state index contributed by atoms with van der Waals surface area (Å²) >= 11 is 0. The van der Waals surface area contributed by atoms with E-state index in [0.717, 1.165) is 33.3 Å². The van der Waals surface area contributed by atoms with E-state index in [1.807, 2.05) is 41.0 Å². The van der Waals surface area contributed by atoms with Crippen molar-refractivity contribution in [2.24, 2.45) is 0 Å². The predicted molar refractivity (Wildman–Crippen MR) is 90.5 cm³/mol. The zero-order valence-electron chi connectivity index (χ0n) is 13.3. The fourth-order valence-electron chi connectivity index (χ4n) is 2.81. The summed E-state index contributed by atoms with van der Waals surface area (Å²) in [5.41, 5.74) is 1.85. The molecule has 0 amide bonds. The van der Waals surface area contributed by atoms with Crippen molar-refractivity contribution in [2.75, 3.05) is 20.8 Å². The van der Waals surface area contributed by atoms with E-state index >= 15 is 0 Å². The molecule has 0 aliphatic heterocycles. The Labute approximate surface area is 138 Å². The number of nitrogens with zero attached hydrogens (tertiary/aromatic N) is 1. The summed E-state index contributed by atoms with van der Waals surface area (Å²) in [5.74, 6) is 1.46. The Balaban J connectivity index is 2.13. The van der Waals surface area contributed by atoms with Crippen molar-refractivity contribution in [3.05, 3.63) is 36.4 Å². The number of hydrogen-bond donors (Lipinski definition) is 2. The number of methoxy groups -OCH3 is 2. The average molecular weight is 351 g/mol. The third-order valence-corrected chi connectivity index (χ3v) is 4.37. The topological polar surface area (TPSA) is 90.2 Å². The largest absolute Gasteiger partial charge is 0.497 e. The molecule has 2 N–H and O–H groups in total. The number of ether oxygens (including phenoxy) is 2. The first-order chi connectivity index (χ1) is 11.4. The van der Waals surface area contributed by atoms with Crippen molar-refractivity contribution < 1.29 is 28.3 Å². The number of hydrogen-bond acceptors (Lipinski definition) is 4. The number of phosphoric acid groups is 1. The summed E-state index contributed by atoms with van der Waals surface area (Å²) < 4.78 is 28.0. The van der Waals surface area contributed by atoms with Gasteiger partial charge in [0.25, 0.3) is 0 Å². The standard InChI is InChI=1S/C16H18NO6P/c1-21-11-3-5-15-13(9-11)14-10-12(22-2)4-6-16(14)17(15)7-8-23-24(18,19)20/h3-6,9-10H,7-8H2,1-2H3,(H2,18,19,20). The Morgan fingerprint density at radius 2 is 1.46 bits per heavy atom. The van der Waals surface area contributed by atoms with Gasteiger partial charge in [0.15, 0.2) is 0 Å². The molecule has 0 aliphatic rings. The van der Waals surface area contributed by atoms with Crippen LogP contribution in [0.1, 0.15) is 0 Å². The molecular formula is C16H18NO6P. The van der Waals surface area contributed by atoms with Crippen LogP contribution in [0.4, 0.5) is 0 Å². The second-order valence-corrected chi connectivity index (χ2v) is 6.48. The van der Waals surface area contributed by atoms with E-state index < -0.39 is 7.82 Å². The Hall–Kier alpha value is -2.05. The Morgan fingerprint density at radius 1 is 0.958 bits per heavy atom. The van der Waals surface area contributed by atoms with Crippen LogP contribution < -0.4 is 9.47 Å². The maximum Gasteiger partial charge on any atom is 0.469 e. The van der Waals surface area contributed by atoms with E-state index in [0.29, 0.717) is 6.54 Å².